The van der Waals surface area contributed by atoms with Crippen molar-refractivity contribution in [1.82, 2.24) is 4.90 Å². The Bertz CT molecular complexity index is 1450. The van der Waals surface area contributed by atoms with E-state index in [9.17, 15) is 9.59 Å². The lowest BCUT2D eigenvalue weighted by molar-refractivity contribution is -0.122. The third-order valence-corrected chi connectivity index (χ3v) is 7.61. The minimum Gasteiger partial charge on any atom is -0.488 e. The van der Waals surface area contributed by atoms with Gasteiger partial charge >= 0.3 is 0 Å². The number of nitrogens with zero attached hydrogens (tertiary/aromatic N) is 1. The van der Waals surface area contributed by atoms with E-state index in [2.05, 4.69) is 52.3 Å². The largest absolute Gasteiger partial charge is 0.488 e. The number of hydrogen-bond donors (Lipinski definition) is 0. The molecule has 1 aliphatic rings. The molecule has 0 saturated carbocycles. The van der Waals surface area contributed by atoms with Gasteiger partial charge in [-0.3, -0.25) is 14.5 Å². The lowest BCUT2D eigenvalue weighted by Gasteiger charge is -2.12. The predicted molar refractivity (Wildman–Crippen MR) is 150 cm³/mol. The van der Waals surface area contributed by atoms with E-state index in [1.807, 2.05) is 54.6 Å². The fraction of sp³-hybridized carbons (Fsp3) is 0.133. The summed E-state index contributed by atoms with van der Waals surface area (Å²) in [5.74, 6) is 0.486. The SMILES string of the molecule is O=C1S/C(=C/c2ccc(OCc3cccc4ccccc34)c(Br)c2)C(=O)N1CCCc1ccccc1. The molecule has 0 aliphatic carbocycles. The van der Waals surface area contributed by atoms with E-state index in [1.54, 1.807) is 6.08 Å². The number of amides is 2. The summed E-state index contributed by atoms with van der Waals surface area (Å²) < 4.78 is 6.88. The summed E-state index contributed by atoms with van der Waals surface area (Å²) in [6.07, 6.45) is 3.33. The molecule has 0 atom stereocenters. The number of thioether (sulfide) groups is 1. The molecule has 6 heteroatoms. The van der Waals surface area contributed by atoms with Gasteiger partial charge in [-0.15, -0.1) is 0 Å². The first-order chi connectivity index (χ1) is 17.6. The summed E-state index contributed by atoms with van der Waals surface area (Å²) in [7, 11) is 0. The van der Waals surface area contributed by atoms with Gasteiger partial charge in [0, 0.05) is 6.54 Å². The standard InChI is InChI=1S/C30H24BrNO3S/c31-26-18-22(15-16-27(26)35-20-24-13-6-12-23-11-4-5-14-25(23)24)19-28-29(33)32(30(34)36-28)17-7-10-21-8-2-1-3-9-21/h1-6,8-9,11-16,18-19H,7,10,17,20H2/b28-19+. The molecule has 0 bridgehead atoms. The third-order valence-electron chi connectivity index (χ3n) is 6.08. The van der Waals surface area contributed by atoms with Gasteiger partial charge in [-0.1, -0.05) is 78.9 Å². The number of aryl methyl sites for hydroxylation is 1. The summed E-state index contributed by atoms with van der Waals surface area (Å²) in [6, 6.07) is 30.2. The minimum atomic E-state index is -0.231. The molecule has 4 aromatic carbocycles. The lowest BCUT2D eigenvalue weighted by atomic mass is 10.1. The zero-order chi connectivity index (χ0) is 24.9. The van der Waals surface area contributed by atoms with Crippen molar-refractivity contribution in [1.29, 1.82) is 0 Å². The van der Waals surface area contributed by atoms with Crippen LogP contribution in [0.25, 0.3) is 16.8 Å². The van der Waals surface area contributed by atoms with Crippen LogP contribution in [0, 0.1) is 0 Å². The van der Waals surface area contributed by atoms with Crippen LogP contribution in [0.5, 0.6) is 5.75 Å². The molecule has 0 spiro atoms. The van der Waals surface area contributed by atoms with Crippen molar-refractivity contribution in [2.45, 2.75) is 19.4 Å². The molecule has 1 fully saturated rings. The van der Waals surface area contributed by atoms with Crippen molar-refractivity contribution in [3.8, 4) is 5.75 Å². The number of ether oxygens (including phenoxy) is 1. The molecule has 4 nitrogen and oxygen atoms in total. The summed E-state index contributed by atoms with van der Waals surface area (Å²) in [4.78, 5) is 27.1. The molecule has 0 unspecified atom stereocenters. The maximum Gasteiger partial charge on any atom is 0.293 e. The minimum absolute atomic E-state index is 0.214. The van der Waals surface area contributed by atoms with Gasteiger partial charge in [-0.05, 0) is 86.2 Å². The first kappa shape index (κ1) is 24.3. The predicted octanol–water partition coefficient (Wildman–Crippen LogP) is 7.85. The Morgan fingerprint density at radius 1 is 0.889 bits per heavy atom. The number of imide groups is 1. The van der Waals surface area contributed by atoms with Crippen LogP contribution in [-0.2, 0) is 17.8 Å². The third kappa shape index (κ3) is 5.55. The van der Waals surface area contributed by atoms with Crippen LogP contribution in [-0.4, -0.2) is 22.6 Å². The van der Waals surface area contributed by atoms with Crippen LogP contribution in [0.3, 0.4) is 0 Å². The first-order valence-electron chi connectivity index (χ1n) is 11.8. The zero-order valence-corrected chi connectivity index (χ0v) is 21.9. The van der Waals surface area contributed by atoms with Crippen LogP contribution < -0.4 is 4.74 Å². The summed E-state index contributed by atoms with van der Waals surface area (Å²) in [6.45, 7) is 0.864. The zero-order valence-electron chi connectivity index (χ0n) is 19.5. The molecule has 0 radical (unpaired) electrons. The van der Waals surface area contributed by atoms with E-state index in [0.29, 0.717) is 23.8 Å². The Kier molecular flexibility index (Phi) is 7.54. The molecule has 2 amide bonds. The second-order valence-corrected chi connectivity index (χ2v) is 10.4. The number of rotatable bonds is 8. The van der Waals surface area contributed by atoms with Gasteiger partial charge in [0.15, 0.2) is 0 Å². The first-order valence-corrected chi connectivity index (χ1v) is 13.4. The number of halogens is 1. The van der Waals surface area contributed by atoms with E-state index in [0.717, 1.165) is 40.2 Å². The van der Waals surface area contributed by atoms with Gasteiger partial charge in [0.05, 0.1) is 9.38 Å². The van der Waals surface area contributed by atoms with Crippen LogP contribution in [0.2, 0.25) is 0 Å². The highest BCUT2D eigenvalue weighted by Gasteiger charge is 2.34. The second kappa shape index (κ2) is 11.1. The molecule has 4 aromatic rings. The maximum atomic E-state index is 12.9. The Hall–Kier alpha value is -3.35. The normalized spacial score (nSPS) is 14.7. The average molecular weight is 558 g/mol. The van der Waals surface area contributed by atoms with Gasteiger partial charge in [0.1, 0.15) is 12.4 Å². The van der Waals surface area contributed by atoms with Gasteiger partial charge in [0.2, 0.25) is 0 Å². The topological polar surface area (TPSA) is 46.6 Å². The summed E-state index contributed by atoms with van der Waals surface area (Å²) in [5.41, 5.74) is 3.15. The van der Waals surface area contributed by atoms with Crippen molar-refractivity contribution in [3.63, 3.8) is 0 Å². The molecule has 36 heavy (non-hydrogen) atoms. The summed E-state index contributed by atoms with van der Waals surface area (Å²) in [5, 5.41) is 2.14. The molecular formula is C30H24BrNO3S. The molecule has 0 N–H and O–H groups in total. The van der Waals surface area contributed by atoms with Gasteiger partial charge in [0.25, 0.3) is 11.1 Å². The Balaban J connectivity index is 1.23. The van der Waals surface area contributed by atoms with Gasteiger partial charge < -0.3 is 4.74 Å². The molecule has 1 heterocycles. The quantitative estimate of drug-likeness (QED) is 0.207. The number of fused-ring (bicyclic) bond motifs is 1. The smallest absolute Gasteiger partial charge is 0.293 e. The van der Waals surface area contributed by atoms with E-state index in [-0.39, 0.29) is 11.1 Å². The van der Waals surface area contributed by atoms with Crippen molar-refractivity contribution in [2.75, 3.05) is 6.54 Å². The van der Waals surface area contributed by atoms with Crippen molar-refractivity contribution in [3.05, 3.63) is 117 Å². The maximum absolute atomic E-state index is 12.9. The molecule has 1 aliphatic heterocycles. The molecule has 180 valence electrons. The van der Waals surface area contributed by atoms with Crippen LogP contribution in [0.4, 0.5) is 4.79 Å². The van der Waals surface area contributed by atoms with Gasteiger partial charge in [-0.2, -0.15) is 0 Å². The molecule has 0 aromatic heterocycles. The van der Waals surface area contributed by atoms with E-state index in [4.69, 9.17) is 4.74 Å². The second-order valence-electron chi connectivity index (χ2n) is 8.54. The fourth-order valence-electron chi connectivity index (χ4n) is 4.23. The van der Waals surface area contributed by atoms with Crippen LogP contribution >= 0.6 is 27.7 Å². The number of hydrogen-bond acceptors (Lipinski definition) is 4. The molecule has 5 rings (SSSR count). The monoisotopic (exact) mass is 557 g/mol. The number of benzene rings is 4. The van der Waals surface area contributed by atoms with E-state index >= 15 is 0 Å². The summed E-state index contributed by atoms with van der Waals surface area (Å²) >= 11 is 4.59. The Labute approximate surface area is 223 Å². The highest BCUT2D eigenvalue weighted by atomic mass is 79.9. The van der Waals surface area contributed by atoms with E-state index < -0.39 is 0 Å². The highest BCUT2D eigenvalue weighted by Crippen LogP contribution is 2.34. The Morgan fingerprint density at radius 3 is 2.50 bits per heavy atom. The number of carbonyl (C=O) groups is 2. The van der Waals surface area contributed by atoms with Crippen molar-refractivity contribution < 1.29 is 14.3 Å². The van der Waals surface area contributed by atoms with Crippen molar-refractivity contribution in [2.24, 2.45) is 0 Å². The molecule has 1 saturated heterocycles. The van der Waals surface area contributed by atoms with Crippen LogP contribution in [0.15, 0.2) is 100 Å². The van der Waals surface area contributed by atoms with Crippen molar-refractivity contribution >= 4 is 55.7 Å². The fourth-order valence-corrected chi connectivity index (χ4v) is 5.60. The van der Waals surface area contributed by atoms with Crippen LogP contribution in [0.1, 0.15) is 23.1 Å². The average Bonchev–Trinajstić information content (AvgIpc) is 3.16. The highest BCUT2D eigenvalue weighted by molar-refractivity contribution is 9.10. The molecular weight excluding hydrogens is 534 g/mol. The lowest BCUT2D eigenvalue weighted by Crippen LogP contribution is -2.29. The van der Waals surface area contributed by atoms with Gasteiger partial charge in [-0.25, -0.2) is 0 Å². The Morgan fingerprint density at radius 2 is 1.67 bits per heavy atom. The van der Waals surface area contributed by atoms with E-state index in [1.165, 1.54) is 21.2 Å². The number of carbonyl (C=O) groups excluding carboxylic acids is 2.